The van der Waals surface area contributed by atoms with Crippen molar-refractivity contribution >= 4 is 0 Å². The number of rotatable bonds is 1. The fraction of sp³-hybridized carbons (Fsp3) is 0.905. The molecule has 0 aromatic rings. The van der Waals surface area contributed by atoms with Gasteiger partial charge in [0.1, 0.15) is 0 Å². The molecule has 4 aliphatic rings. The van der Waals surface area contributed by atoms with Crippen molar-refractivity contribution in [3.63, 3.8) is 0 Å². The van der Waals surface area contributed by atoms with Crippen LogP contribution in [0.2, 0.25) is 0 Å². The average Bonchev–Trinajstić information content (AvgIpc) is 2.45. The fourth-order valence-corrected chi connectivity index (χ4v) is 7.23. The van der Waals surface area contributed by atoms with E-state index in [4.69, 9.17) is 5.32 Å². The van der Waals surface area contributed by atoms with Gasteiger partial charge >= 0.3 is 0 Å². The molecular formula is C21H34N-. The summed E-state index contributed by atoms with van der Waals surface area (Å²) in [4.78, 5) is 0. The molecule has 1 nitrogen and oxygen atoms in total. The number of hydrogen-bond donors (Lipinski definition) is 0. The Kier molecular flexibility index (Phi) is 3.36. The Labute approximate surface area is 137 Å². The zero-order chi connectivity index (χ0) is 15.7. The summed E-state index contributed by atoms with van der Waals surface area (Å²) in [5, 5.41) is 4.91. The van der Waals surface area contributed by atoms with E-state index in [0.717, 1.165) is 35.5 Å². The number of allylic oxidation sites excluding steroid dienone is 2. The summed E-state index contributed by atoms with van der Waals surface area (Å²) in [5.41, 5.74) is 2.62. The lowest BCUT2D eigenvalue weighted by molar-refractivity contribution is -0.0633. The largest absolute Gasteiger partial charge is 0.659 e. The van der Waals surface area contributed by atoms with E-state index in [-0.39, 0.29) is 5.54 Å². The van der Waals surface area contributed by atoms with Crippen LogP contribution in [0.5, 0.6) is 0 Å². The molecule has 22 heavy (non-hydrogen) atoms. The molecule has 7 unspecified atom stereocenters. The molecule has 0 saturated heterocycles. The Morgan fingerprint density at radius 1 is 1.23 bits per heavy atom. The summed E-state index contributed by atoms with van der Waals surface area (Å²) in [6, 6.07) is 0. The molecule has 4 rings (SSSR count). The van der Waals surface area contributed by atoms with Gasteiger partial charge in [-0.25, -0.2) is 0 Å². The van der Waals surface area contributed by atoms with Crippen LogP contribution in [0.3, 0.4) is 0 Å². The highest BCUT2D eigenvalue weighted by atomic mass is 15.0. The average molecular weight is 301 g/mol. The van der Waals surface area contributed by atoms with Gasteiger partial charge in [-0.1, -0.05) is 52.2 Å². The molecule has 124 valence electrons. The van der Waals surface area contributed by atoms with Crippen molar-refractivity contribution in [1.29, 1.82) is 0 Å². The Morgan fingerprint density at radius 2 is 2.00 bits per heavy atom. The highest BCUT2D eigenvalue weighted by Gasteiger charge is 2.55. The minimum absolute atomic E-state index is 0.248. The van der Waals surface area contributed by atoms with E-state index < -0.39 is 0 Å². The first-order valence-corrected chi connectivity index (χ1v) is 9.64. The van der Waals surface area contributed by atoms with Crippen LogP contribution >= 0.6 is 0 Å². The van der Waals surface area contributed by atoms with Crippen LogP contribution in [0.15, 0.2) is 11.6 Å². The van der Waals surface area contributed by atoms with Crippen molar-refractivity contribution in [2.75, 3.05) is 7.05 Å². The Balaban J connectivity index is 1.76. The molecule has 0 bridgehead atoms. The third-order valence-electron chi connectivity index (χ3n) is 8.14. The highest BCUT2D eigenvalue weighted by molar-refractivity contribution is 5.27. The van der Waals surface area contributed by atoms with Crippen molar-refractivity contribution in [3.8, 4) is 0 Å². The maximum absolute atomic E-state index is 4.91. The lowest BCUT2D eigenvalue weighted by atomic mass is 9.44. The molecule has 0 radical (unpaired) electrons. The van der Waals surface area contributed by atoms with Crippen LogP contribution in [0.4, 0.5) is 0 Å². The summed E-state index contributed by atoms with van der Waals surface area (Å²) in [6.45, 7) is 10.0. The van der Waals surface area contributed by atoms with Gasteiger partial charge in [-0.15, -0.1) is 5.54 Å². The predicted molar refractivity (Wildman–Crippen MR) is 93.9 cm³/mol. The normalized spacial score (nSPS) is 52.7. The molecule has 0 N–H and O–H groups in total. The smallest absolute Gasteiger partial charge is 0.0141 e. The van der Waals surface area contributed by atoms with Crippen molar-refractivity contribution in [2.45, 2.75) is 71.8 Å². The van der Waals surface area contributed by atoms with Crippen molar-refractivity contribution in [1.82, 2.24) is 0 Å². The Hall–Kier alpha value is -0.300. The van der Waals surface area contributed by atoms with Gasteiger partial charge in [0, 0.05) is 0 Å². The molecule has 0 spiro atoms. The molecule has 3 fully saturated rings. The Morgan fingerprint density at radius 3 is 2.73 bits per heavy atom. The first-order valence-electron chi connectivity index (χ1n) is 9.64. The molecular weight excluding hydrogens is 266 g/mol. The molecule has 0 heterocycles. The molecule has 1 heteroatoms. The van der Waals surface area contributed by atoms with Crippen LogP contribution < -0.4 is 0 Å². The zero-order valence-corrected chi connectivity index (χ0v) is 15.2. The van der Waals surface area contributed by atoms with E-state index in [1.807, 2.05) is 5.57 Å². The molecule has 0 aromatic heterocycles. The van der Waals surface area contributed by atoms with E-state index >= 15 is 0 Å². The van der Waals surface area contributed by atoms with E-state index in [9.17, 15) is 0 Å². The lowest BCUT2D eigenvalue weighted by Gasteiger charge is -2.66. The fourth-order valence-electron chi connectivity index (χ4n) is 7.23. The van der Waals surface area contributed by atoms with Crippen LogP contribution in [-0.2, 0) is 0 Å². The predicted octanol–water partition coefficient (Wildman–Crippen LogP) is 5.81. The van der Waals surface area contributed by atoms with Gasteiger partial charge in [0.15, 0.2) is 0 Å². The van der Waals surface area contributed by atoms with Crippen LogP contribution in [0.25, 0.3) is 5.32 Å². The number of nitrogens with zero attached hydrogens (tertiary/aromatic N) is 1. The van der Waals surface area contributed by atoms with Crippen molar-refractivity contribution < 1.29 is 0 Å². The second kappa shape index (κ2) is 4.85. The molecule has 4 aliphatic carbocycles. The maximum atomic E-state index is 4.91. The van der Waals surface area contributed by atoms with Crippen molar-refractivity contribution in [2.24, 2.45) is 40.9 Å². The quantitative estimate of drug-likeness (QED) is 0.542. The summed E-state index contributed by atoms with van der Waals surface area (Å²) < 4.78 is 0. The standard InChI is InChI=1S/C21H34N/c1-13-10-15-12-20(2,3)11-14-6-7-17-19(18(14)15)16(13)8-9-21(17,4)22-5/h6,13,15-19H,7-12H2,1-5H3/q-1. The monoisotopic (exact) mass is 300 g/mol. The second-order valence-corrected chi connectivity index (χ2v) is 10.0. The minimum Gasteiger partial charge on any atom is -0.659 e. The maximum Gasteiger partial charge on any atom is -0.0141 e. The Bertz CT molecular complexity index is 490. The van der Waals surface area contributed by atoms with E-state index in [1.54, 1.807) is 0 Å². The molecule has 0 amide bonds. The van der Waals surface area contributed by atoms with Crippen molar-refractivity contribution in [3.05, 3.63) is 17.0 Å². The van der Waals surface area contributed by atoms with Gasteiger partial charge in [-0.05, 0) is 66.6 Å². The molecule has 7 atom stereocenters. The third kappa shape index (κ3) is 2.07. The summed E-state index contributed by atoms with van der Waals surface area (Å²) in [5.74, 6) is 5.53. The van der Waals surface area contributed by atoms with Crippen LogP contribution in [0.1, 0.15) is 66.2 Å². The van der Waals surface area contributed by atoms with Gasteiger partial charge in [0.05, 0.1) is 0 Å². The topological polar surface area (TPSA) is 14.1 Å². The van der Waals surface area contributed by atoms with E-state index in [1.165, 1.54) is 38.5 Å². The first-order chi connectivity index (χ1) is 10.3. The van der Waals surface area contributed by atoms with Crippen LogP contribution in [0, 0.1) is 40.9 Å². The van der Waals surface area contributed by atoms with E-state index in [2.05, 4.69) is 40.8 Å². The summed E-state index contributed by atoms with van der Waals surface area (Å²) >= 11 is 0. The van der Waals surface area contributed by atoms with E-state index in [0.29, 0.717) is 5.41 Å². The molecule has 0 aliphatic heterocycles. The summed E-state index contributed by atoms with van der Waals surface area (Å²) in [7, 11) is 2.08. The minimum atomic E-state index is 0.248. The van der Waals surface area contributed by atoms with Crippen LogP contribution in [-0.4, -0.2) is 12.6 Å². The van der Waals surface area contributed by atoms with Gasteiger partial charge in [-0.2, -0.15) is 7.05 Å². The SMILES string of the molecule is C[N-]C1(C)CCC2C(C)CC3CC(C)(C)CC4=CCC1C2C43. The molecule has 3 saturated carbocycles. The first kappa shape index (κ1) is 15.2. The highest BCUT2D eigenvalue weighted by Crippen LogP contribution is 2.64. The van der Waals surface area contributed by atoms with Gasteiger partial charge in [-0.3, -0.25) is 0 Å². The summed E-state index contributed by atoms with van der Waals surface area (Å²) in [6.07, 6.45) is 11.0. The lowest BCUT2D eigenvalue weighted by Crippen LogP contribution is -2.56. The van der Waals surface area contributed by atoms with Gasteiger partial charge < -0.3 is 5.32 Å². The van der Waals surface area contributed by atoms with Gasteiger partial charge in [0.25, 0.3) is 0 Å². The number of hydrogen-bond acceptors (Lipinski definition) is 0. The molecule has 0 aromatic carbocycles. The van der Waals surface area contributed by atoms with Gasteiger partial charge in [0.2, 0.25) is 0 Å². The third-order valence-corrected chi connectivity index (χ3v) is 8.14. The second-order valence-electron chi connectivity index (χ2n) is 10.0. The zero-order valence-electron chi connectivity index (χ0n) is 15.2.